The van der Waals surface area contributed by atoms with E-state index in [0.29, 0.717) is 11.1 Å². The van der Waals surface area contributed by atoms with E-state index in [1.807, 2.05) is 0 Å². The number of rotatable bonds is 2. The van der Waals surface area contributed by atoms with E-state index in [-0.39, 0.29) is 11.4 Å². The van der Waals surface area contributed by atoms with Gasteiger partial charge in [0.05, 0.1) is 0 Å². The van der Waals surface area contributed by atoms with Crippen molar-refractivity contribution in [1.29, 1.82) is 0 Å². The summed E-state index contributed by atoms with van der Waals surface area (Å²) in [5.41, 5.74) is 5.88. The van der Waals surface area contributed by atoms with E-state index in [0.717, 1.165) is 12.1 Å². The fourth-order valence-electron chi connectivity index (χ4n) is 1.48. The zero-order valence-corrected chi connectivity index (χ0v) is 9.02. The highest BCUT2D eigenvalue weighted by Gasteiger charge is 2.12. The van der Waals surface area contributed by atoms with Crippen molar-refractivity contribution in [3.05, 3.63) is 47.7 Å². The minimum Gasteiger partial charge on any atom is -0.478 e. The molecule has 3 N–H and O–H groups in total. The maximum atomic E-state index is 13.1. The Morgan fingerprint density at radius 3 is 2.50 bits per heavy atom. The molecule has 6 heteroatoms. The highest BCUT2D eigenvalue weighted by Crippen LogP contribution is 2.23. The van der Waals surface area contributed by atoms with E-state index < -0.39 is 17.6 Å². The molecule has 1 aromatic carbocycles. The number of pyridine rings is 1. The van der Waals surface area contributed by atoms with Crippen molar-refractivity contribution in [3.63, 3.8) is 0 Å². The Hall–Kier alpha value is -2.50. The van der Waals surface area contributed by atoms with Crippen LogP contribution in [-0.4, -0.2) is 16.1 Å². The lowest BCUT2D eigenvalue weighted by molar-refractivity contribution is 0.0697. The molecule has 18 heavy (non-hydrogen) atoms. The summed E-state index contributed by atoms with van der Waals surface area (Å²) in [6.07, 6.45) is 1.30. The highest BCUT2D eigenvalue weighted by atomic mass is 19.2. The zero-order valence-electron chi connectivity index (χ0n) is 9.02. The fourth-order valence-corrected chi connectivity index (χ4v) is 1.48. The summed E-state index contributed by atoms with van der Waals surface area (Å²) in [7, 11) is 0. The largest absolute Gasteiger partial charge is 0.478 e. The molecule has 1 heterocycles. The molecule has 0 fully saturated rings. The summed E-state index contributed by atoms with van der Waals surface area (Å²) in [4.78, 5) is 14.6. The summed E-state index contributed by atoms with van der Waals surface area (Å²) in [5, 5.41) is 8.88. The van der Waals surface area contributed by atoms with Crippen LogP contribution in [-0.2, 0) is 0 Å². The first-order valence-corrected chi connectivity index (χ1v) is 4.93. The maximum absolute atomic E-state index is 13.1. The van der Waals surface area contributed by atoms with Crippen LogP contribution < -0.4 is 5.73 Å². The number of nitrogens with zero attached hydrogens (tertiary/aromatic N) is 1. The number of anilines is 1. The third kappa shape index (κ3) is 2.13. The highest BCUT2D eigenvalue weighted by molar-refractivity contribution is 5.94. The Kier molecular flexibility index (Phi) is 2.93. The average Bonchev–Trinajstić information content (AvgIpc) is 2.33. The van der Waals surface area contributed by atoms with Gasteiger partial charge in [-0.2, -0.15) is 0 Å². The molecule has 92 valence electrons. The van der Waals surface area contributed by atoms with Crippen LogP contribution in [0.5, 0.6) is 0 Å². The summed E-state index contributed by atoms with van der Waals surface area (Å²) >= 11 is 0. The average molecular weight is 250 g/mol. The first-order valence-electron chi connectivity index (χ1n) is 4.93. The van der Waals surface area contributed by atoms with E-state index in [2.05, 4.69) is 4.98 Å². The lowest BCUT2D eigenvalue weighted by Gasteiger charge is -2.05. The Morgan fingerprint density at radius 2 is 1.89 bits per heavy atom. The minimum atomic E-state index is -1.23. The second-order valence-corrected chi connectivity index (χ2v) is 3.59. The van der Waals surface area contributed by atoms with Crippen molar-refractivity contribution < 1.29 is 18.7 Å². The van der Waals surface area contributed by atoms with Gasteiger partial charge in [0.15, 0.2) is 11.6 Å². The summed E-state index contributed by atoms with van der Waals surface area (Å²) < 4.78 is 25.8. The van der Waals surface area contributed by atoms with E-state index >= 15 is 0 Å². The van der Waals surface area contributed by atoms with E-state index in [4.69, 9.17) is 10.8 Å². The van der Waals surface area contributed by atoms with E-state index in [1.54, 1.807) is 0 Å². The molecule has 2 aromatic rings. The van der Waals surface area contributed by atoms with E-state index in [9.17, 15) is 13.6 Å². The number of nitrogen functional groups attached to an aromatic ring is 1. The zero-order chi connectivity index (χ0) is 13.3. The number of aromatic carboxylic acids is 1. The predicted octanol–water partition coefficient (Wildman–Crippen LogP) is 2.31. The molecule has 0 spiro atoms. The minimum absolute atomic E-state index is 0.131. The first kappa shape index (κ1) is 12.0. The maximum Gasteiger partial charge on any atom is 0.339 e. The van der Waals surface area contributed by atoms with Gasteiger partial charge in [0.2, 0.25) is 0 Å². The van der Waals surface area contributed by atoms with Crippen molar-refractivity contribution in [2.75, 3.05) is 5.73 Å². The van der Waals surface area contributed by atoms with Crippen LogP contribution in [0.15, 0.2) is 30.5 Å². The van der Waals surface area contributed by atoms with Crippen molar-refractivity contribution in [2.45, 2.75) is 0 Å². The van der Waals surface area contributed by atoms with Crippen LogP contribution in [0, 0.1) is 11.6 Å². The number of hydrogen-bond donors (Lipinski definition) is 2. The van der Waals surface area contributed by atoms with Gasteiger partial charge in [-0.05, 0) is 23.8 Å². The van der Waals surface area contributed by atoms with Crippen molar-refractivity contribution in [1.82, 2.24) is 4.98 Å². The number of carbonyl (C=O) groups is 1. The molecular formula is C12H8F2N2O2. The summed E-state index contributed by atoms with van der Waals surface area (Å²) in [5.74, 6) is -3.35. The second kappa shape index (κ2) is 4.40. The molecule has 0 saturated heterocycles. The topological polar surface area (TPSA) is 76.2 Å². The van der Waals surface area contributed by atoms with Gasteiger partial charge in [0.1, 0.15) is 11.4 Å². The summed E-state index contributed by atoms with van der Waals surface area (Å²) in [6, 6.07) is 4.52. The quantitative estimate of drug-likeness (QED) is 0.857. The van der Waals surface area contributed by atoms with Crippen molar-refractivity contribution >= 4 is 11.8 Å². The molecule has 0 aliphatic rings. The van der Waals surface area contributed by atoms with Gasteiger partial charge < -0.3 is 10.8 Å². The first-order chi connectivity index (χ1) is 8.49. The Morgan fingerprint density at radius 1 is 1.17 bits per heavy atom. The summed E-state index contributed by atoms with van der Waals surface area (Å²) in [6.45, 7) is 0. The molecule has 0 saturated carbocycles. The van der Waals surface area contributed by atoms with Crippen LogP contribution in [0.2, 0.25) is 0 Å². The Balaban J connectivity index is 2.54. The Labute approximate surface area is 101 Å². The molecule has 2 rings (SSSR count). The number of hydrogen-bond acceptors (Lipinski definition) is 3. The molecule has 0 aliphatic carbocycles. The third-order valence-electron chi connectivity index (χ3n) is 2.40. The van der Waals surface area contributed by atoms with Crippen LogP contribution in [0.25, 0.3) is 11.1 Å². The smallest absolute Gasteiger partial charge is 0.339 e. The molecule has 0 bridgehead atoms. The van der Waals surface area contributed by atoms with Gasteiger partial charge in [-0.1, -0.05) is 6.07 Å². The second-order valence-electron chi connectivity index (χ2n) is 3.59. The molecule has 0 amide bonds. The van der Waals surface area contributed by atoms with Crippen LogP contribution in [0.1, 0.15) is 10.4 Å². The number of nitrogens with two attached hydrogens (primary N) is 1. The Bertz CT molecular complexity index is 629. The monoisotopic (exact) mass is 250 g/mol. The molecule has 0 aliphatic heterocycles. The number of aromatic nitrogens is 1. The molecule has 4 nitrogen and oxygen atoms in total. The fraction of sp³-hybridized carbons (Fsp3) is 0. The number of carboxylic acids is 1. The van der Waals surface area contributed by atoms with Gasteiger partial charge in [-0.15, -0.1) is 0 Å². The normalized spacial score (nSPS) is 10.3. The lowest BCUT2D eigenvalue weighted by Crippen LogP contribution is -2.04. The van der Waals surface area contributed by atoms with E-state index in [1.165, 1.54) is 18.3 Å². The van der Waals surface area contributed by atoms with Gasteiger partial charge in [0, 0.05) is 11.8 Å². The van der Waals surface area contributed by atoms with Crippen LogP contribution in [0.4, 0.5) is 14.6 Å². The molecule has 1 aromatic heterocycles. The molecule has 0 unspecified atom stereocenters. The van der Waals surface area contributed by atoms with Crippen molar-refractivity contribution in [3.8, 4) is 11.1 Å². The molecular weight excluding hydrogens is 242 g/mol. The van der Waals surface area contributed by atoms with Crippen molar-refractivity contribution in [2.24, 2.45) is 0 Å². The standard InChI is InChI=1S/C12H8F2N2O2/c13-9-2-1-6(4-10(9)14)7-3-8(12(17)18)11(15)16-5-7/h1-5H,(H2,15,16)(H,17,18). The van der Waals surface area contributed by atoms with Gasteiger partial charge >= 0.3 is 5.97 Å². The molecule has 0 atom stereocenters. The van der Waals surface area contributed by atoms with Gasteiger partial charge in [-0.25, -0.2) is 18.6 Å². The predicted molar refractivity (Wildman–Crippen MR) is 61.0 cm³/mol. The van der Waals surface area contributed by atoms with Gasteiger partial charge in [0.25, 0.3) is 0 Å². The van der Waals surface area contributed by atoms with Gasteiger partial charge in [-0.3, -0.25) is 0 Å². The SMILES string of the molecule is Nc1ncc(-c2ccc(F)c(F)c2)cc1C(=O)O. The lowest BCUT2D eigenvalue weighted by atomic mass is 10.1. The van der Waals surface area contributed by atoms with Crippen LogP contribution in [0.3, 0.4) is 0 Å². The van der Waals surface area contributed by atoms with Crippen LogP contribution >= 0.6 is 0 Å². The molecule has 0 radical (unpaired) electrons. The number of carboxylic acid groups (broad SMARTS) is 1. The third-order valence-corrected chi connectivity index (χ3v) is 2.40. The number of benzene rings is 1. The number of halogens is 2.